The fraction of sp³-hybridized carbons (Fsp3) is 0.562. The van der Waals surface area contributed by atoms with Crippen LogP contribution < -0.4 is 10.1 Å². The van der Waals surface area contributed by atoms with Crippen molar-refractivity contribution in [3.8, 4) is 5.75 Å². The number of nitrogens with one attached hydrogen (secondary N) is 1. The molecule has 0 radical (unpaired) electrons. The van der Waals surface area contributed by atoms with Gasteiger partial charge in [0, 0.05) is 12.8 Å². The van der Waals surface area contributed by atoms with Crippen LogP contribution in [0.15, 0.2) is 30.3 Å². The highest BCUT2D eigenvalue weighted by Crippen LogP contribution is 2.13. The fourth-order valence-corrected chi connectivity index (χ4v) is 2.08. The number of para-hydroxylation sites is 1. The fourth-order valence-electron chi connectivity index (χ4n) is 2.08. The van der Waals surface area contributed by atoms with E-state index in [9.17, 15) is 4.79 Å². The van der Waals surface area contributed by atoms with Crippen LogP contribution in [0.5, 0.6) is 5.75 Å². The Hall–Kier alpha value is -1.59. The number of ether oxygens (including phenoxy) is 3. The molecule has 116 valence electrons. The zero-order valence-electron chi connectivity index (χ0n) is 12.6. The number of rotatable bonds is 7. The number of hydrogen-bond acceptors (Lipinski definition) is 4. The van der Waals surface area contributed by atoms with Gasteiger partial charge in [-0.2, -0.15) is 0 Å². The van der Waals surface area contributed by atoms with Crippen LogP contribution in [0.25, 0.3) is 0 Å². The van der Waals surface area contributed by atoms with Gasteiger partial charge in [-0.25, -0.2) is 0 Å². The van der Waals surface area contributed by atoms with E-state index in [0.717, 1.165) is 5.75 Å². The topological polar surface area (TPSA) is 56.8 Å². The van der Waals surface area contributed by atoms with Crippen molar-refractivity contribution in [3.63, 3.8) is 0 Å². The zero-order chi connectivity index (χ0) is 15.1. The predicted octanol–water partition coefficient (Wildman–Crippen LogP) is 2.11. The summed E-state index contributed by atoms with van der Waals surface area (Å²) in [4.78, 5) is 11.9. The summed E-state index contributed by atoms with van der Waals surface area (Å²) in [6.07, 6.45) is 0.736. The number of amides is 1. The minimum Gasteiger partial charge on any atom is -0.491 e. The van der Waals surface area contributed by atoms with E-state index in [0.29, 0.717) is 32.7 Å². The first-order valence-electron chi connectivity index (χ1n) is 7.27. The smallest absolute Gasteiger partial charge is 0.220 e. The molecule has 5 heteroatoms. The van der Waals surface area contributed by atoms with Crippen molar-refractivity contribution >= 4 is 5.91 Å². The summed E-state index contributed by atoms with van der Waals surface area (Å²) in [7, 11) is 0. The maximum atomic E-state index is 11.9. The van der Waals surface area contributed by atoms with E-state index in [1.54, 1.807) is 0 Å². The third-order valence-corrected chi connectivity index (χ3v) is 3.12. The van der Waals surface area contributed by atoms with Crippen molar-refractivity contribution in [1.29, 1.82) is 0 Å². The Labute approximate surface area is 125 Å². The molecule has 0 spiro atoms. The summed E-state index contributed by atoms with van der Waals surface area (Å²) in [5.74, 6) is 0.781. The van der Waals surface area contributed by atoms with E-state index in [-0.39, 0.29) is 12.2 Å². The second-order valence-corrected chi connectivity index (χ2v) is 5.74. The molecule has 1 aromatic rings. The summed E-state index contributed by atoms with van der Waals surface area (Å²) < 4.78 is 16.3. The van der Waals surface area contributed by atoms with Crippen molar-refractivity contribution < 1.29 is 19.0 Å². The minimum absolute atomic E-state index is 0.0178. The van der Waals surface area contributed by atoms with Gasteiger partial charge < -0.3 is 19.5 Å². The maximum absolute atomic E-state index is 11.9. The van der Waals surface area contributed by atoms with Crippen LogP contribution in [-0.2, 0) is 14.3 Å². The van der Waals surface area contributed by atoms with Gasteiger partial charge in [-0.1, -0.05) is 18.2 Å². The first-order valence-corrected chi connectivity index (χ1v) is 7.27. The van der Waals surface area contributed by atoms with Crippen LogP contribution in [0.4, 0.5) is 0 Å². The molecule has 1 amide bonds. The molecule has 0 bridgehead atoms. The molecular formula is C16H23NO4. The molecule has 0 saturated carbocycles. The number of carbonyl (C=O) groups is 1. The third kappa shape index (κ3) is 5.73. The van der Waals surface area contributed by atoms with E-state index in [2.05, 4.69) is 5.32 Å². The molecule has 1 aromatic carbocycles. The van der Waals surface area contributed by atoms with Crippen molar-refractivity contribution in [2.75, 3.05) is 19.8 Å². The summed E-state index contributed by atoms with van der Waals surface area (Å²) in [6.45, 7) is 5.53. The van der Waals surface area contributed by atoms with Crippen LogP contribution >= 0.6 is 0 Å². The molecule has 0 aromatic heterocycles. The summed E-state index contributed by atoms with van der Waals surface area (Å²) >= 11 is 0. The number of hydrogen-bond donors (Lipinski definition) is 1. The molecule has 1 saturated heterocycles. The average molecular weight is 293 g/mol. The van der Waals surface area contributed by atoms with E-state index in [1.165, 1.54) is 0 Å². The van der Waals surface area contributed by atoms with Crippen LogP contribution in [0.1, 0.15) is 26.7 Å². The van der Waals surface area contributed by atoms with Gasteiger partial charge in [0.2, 0.25) is 5.91 Å². The van der Waals surface area contributed by atoms with Crippen LogP contribution in [-0.4, -0.2) is 37.6 Å². The Bertz CT molecular complexity index is 441. The van der Waals surface area contributed by atoms with Crippen LogP contribution in [0.3, 0.4) is 0 Å². The van der Waals surface area contributed by atoms with Crippen molar-refractivity contribution in [2.45, 2.75) is 38.5 Å². The molecule has 5 nitrogen and oxygen atoms in total. The number of benzene rings is 1. The van der Waals surface area contributed by atoms with Gasteiger partial charge in [-0.15, -0.1) is 0 Å². The maximum Gasteiger partial charge on any atom is 0.220 e. The second kappa shape index (κ2) is 7.43. The third-order valence-electron chi connectivity index (χ3n) is 3.12. The van der Waals surface area contributed by atoms with E-state index in [1.807, 2.05) is 44.2 Å². The Morgan fingerprint density at radius 3 is 2.62 bits per heavy atom. The second-order valence-electron chi connectivity index (χ2n) is 5.74. The monoisotopic (exact) mass is 293 g/mol. The zero-order valence-corrected chi connectivity index (χ0v) is 12.6. The van der Waals surface area contributed by atoms with Gasteiger partial charge in [-0.3, -0.25) is 4.79 Å². The first kappa shape index (κ1) is 15.8. The lowest BCUT2D eigenvalue weighted by molar-refractivity contribution is -0.125. The highest BCUT2D eigenvalue weighted by atomic mass is 16.7. The highest BCUT2D eigenvalue weighted by molar-refractivity contribution is 5.76. The summed E-state index contributed by atoms with van der Waals surface area (Å²) in [5.41, 5.74) is -0.426. The van der Waals surface area contributed by atoms with Gasteiger partial charge in [0.25, 0.3) is 0 Å². The Kier molecular flexibility index (Phi) is 5.59. The van der Waals surface area contributed by atoms with Gasteiger partial charge in [0.05, 0.1) is 18.8 Å². The van der Waals surface area contributed by atoms with E-state index >= 15 is 0 Å². The molecule has 1 aliphatic rings. The largest absolute Gasteiger partial charge is 0.491 e. The van der Waals surface area contributed by atoms with Crippen LogP contribution in [0.2, 0.25) is 0 Å². The Morgan fingerprint density at radius 2 is 1.95 bits per heavy atom. The van der Waals surface area contributed by atoms with Gasteiger partial charge >= 0.3 is 0 Å². The van der Waals surface area contributed by atoms with E-state index in [4.69, 9.17) is 14.2 Å². The van der Waals surface area contributed by atoms with Crippen LogP contribution in [0, 0.1) is 0 Å². The number of carbonyl (C=O) groups excluding carboxylic acids is 1. The average Bonchev–Trinajstić information content (AvgIpc) is 2.97. The SMILES string of the molecule is CC(C)(COc1ccccc1)NC(=O)CCC1OCCO1. The minimum atomic E-state index is -0.426. The van der Waals surface area contributed by atoms with Crippen molar-refractivity contribution in [1.82, 2.24) is 5.32 Å². The van der Waals surface area contributed by atoms with Gasteiger partial charge in [0.1, 0.15) is 12.4 Å². The summed E-state index contributed by atoms with van der Waals surface area (Å²) in [6, 6.07) is 9.57. The predicted molar refractivity (Wildman–Crippen MR) is 79.1 cm³/mol. The highest BCUT2D eigenvalue weighted by Gasteiger charge is 2.23. The molecule has 1 fully saturated rings. The standard InChI is InChI=1S/C16H23NO4/c1-16(2,12-21-13-6-4-3-5-7-13)17-14(18)8-9-15-19-10-11-20-15/h3-7,15H,8-12H2,1-2H3,(H,17,18). The van der Waals surface area contributed by atoms with Gasteiger partial charge in [0.15, 0.2) is 6.29 Å². The Balaban J connectivity index is 1.70. The molecule has 2 rings (SSSR count). The van der Waals surface area contributed by atoms with Gasteiger partial charge in [-0.05, 0) is 26.0 Å². The molecule has 1 aliphatic heterocycles. The normalized spacial score (nSPS) is 15.9. The van der Waals surface area contributed by atoms with E-state index < -0.39 is 5.54 Å². The molecule has 1 heterocycles. The lowest BCUT2D eigenvalue weighted by Crippen LogP contribution is -2.48. The molecule has 0 aliphatic carbocycles. The Morgan fingerprint density at radius 1 is 1.29 bits per heavy atom. The summed E-state index contributed by atoms with van der Waals surface area (Å²) in [5, 5.41) is 2.98. The lowest BCUT2D eigenvalue weighted by atomic mass is 10.1. The van der Waals surface area contributed by atoms with Crippen molar-refractivity contribution in [3.05, 3.63) is 30.3 Å². The molecule has 21 heavy (non-hydrogen) atoms. The molecule has 0 unspecified atom stereocenters. The first-order chi connectivity index (χ1) is 10.1. The molecule has 1 N–H and O–H groups in total. The molecular weight excluding hydrogens is 270 g/mol. The lowest BCUT2D eigenvalue weighted by Gasteiger charge is -2.26. The molecule has 0 atom stereocenters. The quantitative estimate of drug-likeness (QED) is 0.836. The van der Waals surface area contributed by atoms with Crippen molar-refractivity contribution in [2.24, 2.45) is 0 Å².